The fraction of sp³-hybridized carbons (Fsp3) is 0.278. The summed E-state index contributed by atoms with van der Waals surface area (Å²) in [6.45, 7) is 4.60. The van der Waals surface area contributed by atoms with Gasteiger partial charge in [-0.05, 0) is 71.8 Å². The predicted molar refractivity (Wildman–Crippen MR) is 108 cm³/mol. The Balaban J connectivity index is 2.27. The van der Waals surface area contributed by atoms with Crippen molar-refractivity contribution in [3.05, 3.63) is 49.5 Å². The molecule has 0 unspecified atom stereocenters. The number of methoxy groups -OCH3 is 1. The van der Waals surface area contributed by atoms with Crippen LogP contribution in [0, 0.1) is 10.5 Å². The molecule has 0 radical (unpaired) electrons. The molecular formula is C18H19BrINO3. The van der Waals surface area contributed by atoms with E-state index >= 15 is 0 Å². The predicted octanol–water partition coefficient (Wildman–Crippen LogP) is 5.41. The molecule has 0 aliphatic rings. The summed E-state index contributed by atoms with van der Waals surface area (Å²) in [6, 6.07) is 9.24. The molecule has 0 spiro atoms. The second kappa shape index (κ2) is 8.71. The number of anilines is 1. The SMILES string of the molecule is CCCOc1c(I)cc(C(=O)Nc2ccc(Br)cc2C)cc1OC. The van der Waals surface area contributed by atoms with Crippen molar-refractivity contribution in [1.82, 2.24) is 0 Å². The third kappa shape index (κ3) is 4.63. The van der Waals surface area contributed by atoms with Gasteiger partial charge in [0.1, 0.15) is 0 Å². The quantitative estimate of drug-likeness (QED) is 0.536. The van der Waals surface area contributed by atoms with Crippen LogP contribution in [-0.4, -0.2) is 19.6 Å². The summed E-state index contributed by atoms with van der Waals surface area (Å²) in [4.78, 5) is 12.6. The number of ether oxygens (including phenoxy) is 2. The maximum absolute atomic E-state index is 12.6. The Morgan fingerprint density at radius 2 is 2.04 bits per heavy atom. The first kappa shape index (κ1) is 19.1. The lowest BCUT2D eigenvalue weighted by Crippen LogP contribution is -2.13. The molecule has 0 atom stereocenters. The van der Waals surface area contributed by atoms with Gasteiger partial charge in [-0.3, -0.25) is 4.79 Å². The highest BCUT2D eigenvalue weighted by Crippen LogP contribution is 2.34. The molecule has 128 valence electrons. The number of carbonyl (C=O) groups excluding carboxylic acids is 1. The van der Waals surface area contributed by atoms with Gasteiger partial charge in [-0.2, -0.15) is 0 Å². The van der Waals surface area contributed by atoms with Gasteiger partial charge in [-0.15, -0.1) is 0 Å². The van der Waals surface area contributed by atoms with Gasteiger partial charge in [0.25, 0.3) is 5.91 Å². The van der Waals surface area contributed by atoms with Crippen LogP contribution >= 0.6 is 38.5 Å². The van der Waals surface area contributed by atoms with E-state index in [0.29, 0.717) is 23.7 Å². The third-order valence-corrected chi connectivity index (χ3v) is 4.67. The number of rotatable bonds is 6. The van der Waals surface area contributed by atoms with E-state index in [1.807, 2.05) is 32.0 Å². The summed E-state index contributed by atoms with van der Waals surface area (Å²) in [7, 11) is 1.57. The molecule has 1 N–H and O–H groups in total. The molecule has 6 heteroatoms. The Kier molecular flexibility index (Phi) is 6.91. The molecule has 0 aliphatic carbocycles. The number of hydrogen-bond donors (Lipinski definition) is 1. The maximum atomic E-state index is 12.6. The lowest BCUT2D eigenvalue weighted by atomic mass is 10.1. The summed E-state index contributed by atoms with van der Waals surface area (Å²) in [6.07, 6.45) is 0.907. The second-order valence-corrected chi connectivity index (χ2v) is 7.33. The van der Waals surface area contributed by atoms with Crippen molar-refractivity contribution in [3.63, 3.8) is 0 Å². The molecule has 1 amide bonds. The average Bonchev–Trinajstić information content (AvgIpc) is 2.55. The summed E-state index contributed by atoms with van der Waals surface area (Å²) < 4.78 is 12.9. The van der Waals surface area contributed by atoms with E-state index in [1.165, 1.54) is 0 Å². The van der Waals surface area contributed by atoms with Crippen molar-refractivity contribution in [3.8, 4) is 11.5 Å². The molecule has 0 saturated heterocycles. The van der Waals surface area contributed by atoms with Crippen LogP contribution in [0.4, 0.5) is 5.69 Å². The fourth-order valence-electron chi connectivity index (χ4n) is 2.16. The fourth-order valence-corrected chi connectivity index (χ4v) is 3.39. The second-order valence-electron chi connectivity index (χ2n) is 5.25. The molecule has 0 bridgehead atoms. The topological polar surface area (TPSA) is 47.6 Å². The monoisotopic (exact) mass is 503 g/mol. The minimum atomic E-state index is -0.182. The van der Waals surface area contributed by atoms with E-state index in [2.05, 4.69) is 43.8 Å². The van der Waals surface area contributed by atoms with Gasteiger partial charge in [0.05, 0.1) is 17.3 Å². The van der Waals surface area contributed by atoms with Crippen LogP contribution in [0.1, 0.15) is 29.3 Å². The van der Waals surface area contributed by atoms with E-state index in [1.54, 1.807) is 19.2 Å². The largest absolute Gasteiger partial charge is 0.493 e. The zero-order valence-corrected chi connectivity index (χ0v) is 17.5. The van der Waals surface area contributed by atoms with E-state index in [0.717, 1.165) is 25.7 Å². The molecule has 0 saturated carbocycles. The molecule has 0 aliphatic heterocycles. The molecule has 0 fully saturated rings. The number of aryl methyl sites for hydroxylation is 1. The number of hydrogen-bond acceptors (Lipinski definition) is 3. The van der Waals surface area contributed by atoms with Gasteiger partial charge in [0, 0.05) is 15.7 Å². The van der Waals surface area contributed by atoms with Crippen LogP contribution in [0.3, 0.4) is 0 Å². The Morgan fingerprint density at radius 1 is 1.29 bits per heavy atom. The van der Waals surface area contributed by atoms with E-state index < -0.39 is 0 Å². The molecule has 4 nitrogen and oxygen atoms in total. The van der Waals surface area contributed by atoms with Gasteiger partial charge < -0.3 is 14.8 Å². The van der Waals surface area contributed by atoms with E-state index in [-0.39, 0.29) is 5.91 Å². The zero-order chi connectivity index (χ0) is 17.7. The van der Waals surface area contributed by atoms with Gasteiger partial charge in [0.2, 0.25) is 0 Å². The van der Waals surface area contributed by atoms with Crippen molar-refractivity contribution < 1.29 is 14.3 Å². The smallest absolute Gasteiger partial charge is 0.255 e. The van der Waals surface area contributed by atoms with Crippen LogP contribution in [-0.2, 0) is 0 Å². The first-order chi connectivity index (χ1) is 11.5. The van der Waals surface area contributed by atoms with E-state index in [9.17, 15) is 4.79 Å². The Hall–Kier alpha value is -1.28. The number of carbonyl (C=O) groups is 1. The normalized spacial score (nSPS) is 10.4. The van der Waals surface area contributed by atoms with Crippen LogP contribution in [0.25, 0.3) is 0 Å². The molecule has 0 aromatic heterocycles. The van der Waals surface area contributed by atoms with Crippen LogP contribution in [0.5, 0.6) is 11.5 Å². The van der Waals surface area contributed by atoms with Gasteiger partial charge in [-0.1, -0.05) is 22.9 Å². The van der Waals surface area contributed by atoms with Gasteiger partial charge in [-0.25, -0.2) is 0 Å². The zero-order valence-electron chi connectivity index (χ0n) is 13.8. The highest BCUT2D eigenvalue weighted by Gasteiger charge is 2.16. The van der Waals surface area contributed by atoms with Crippen molar-refractivity contribution in [2.45, 2.75) is 20.3 Å². The van der Waals surface area contributed by atoms with Crippen molar-refractivity contribution in [2.75, 3.05) is 19.0 Å². The Bertz CT molecular complexity index is 749. The van der Waals surface area contributed by atoms with Gasteiger partial charge in [0.15, 0.2) is 11.5 Å². The highest BCUT2D eigenvalue weighted by molar-refractivity contribution is 14.1. The lowest BCUT2D eigenvalue weighted by molar-refractivity contribution is 0.102. The van der Waals surface area contributed by atoms with Crippen LogP contribution in [0.15, 0.2) is 34.8 Å². The van der Waals surface area contributed by atoms with Crippen molar-refractivity contribution in [1.29, 1.82) is 0 Å². The first-order valence-electron chi connectivity index (χ1n) is 7.54. The standard InChI is InChI=1S/C18H19BrINO3/c1-4-7-24-17-14(20)9-12(10-16(17)23-3)18(22)21-15-6-5-13(19)8-11(15)2/h5-6,8-10H,4,7H2,1-3H3,(H,21,22). The summed E-state index contributed by atoms with van der Waals surface area (Å²) >= 11 is 5.58. The summed E-state index contributed by atoms with van der Waals surface area (Å²) in [5.74, 6) is 1.06. The van der Waals surface area contributed by atoms with Crippen molar-refractivity contribution >= 4 is 50.1 Å². The number of halogens is 2. The van der Waals surface area contributed by atoms with E-state index in [4.69, 9.17) is 9.47 Å². The molecule has 2 aromatic carbocycles. The van der Waals surface area contributed by atoms with Crippen LogP contribution < -0.4 is 14.8 Å². The molecule has 0 heterocycles. The van der Waals surface area contributed by atoms with Crippen molar-refractivity contribution in [2.24, 2.45) is 0 Å². The molecule has 24 heavy (non-hydrogen) atoms. The average molecular weight is 504 g/mol. The highest BCUT2D eigenvalue weighted by atomic mass is 127. The maximum Gasteiger partial charge on any atom is 0.255 e. The Labute approximate surface area is 164 Å². The van der Waals surface area contributed by atoms with Gasteiger partial charge >= 0.3 is 0 Å². The summed E-state index contributed by atoms with van der Waals surface area (Å²) in [5.41, 5.74) is 2.30. The number of amides is 1. The minimum Gasteiger partial charge on any atom is -0.493 e. The van der Waals surface area contributed by atoms with Crippen LogP contribution in [0.2, 0.25) is 0 Å². The minimum absolute atomic E-state index is 0.182. The molecule has 2 rings (SSSR count). The Morgan fingerprint density at radius 3 is 2.67 bits per heavy atom. The third-order valence-electron chi connectivity index (χ3n) is 3.38. The molecular weight excluding hydrogens is 485 g/mol. The first-order valence-corrected chi connectivity index (χ1v) is 9.41. The lowest BCUT2D eigenvalue weighted by Gasteiger charge is -2.14. The number of nitrogens with one attached hydrogen (secondary N) is 1. The molecule has 2 aromatic rings. The number of benzene rings is 2. The summed E-state index contributed by atoms with van der Waals surface area (Å²) in [5, 5.41) is 2.94.